The highest BCUT2D eigenvalue weighted by atomic mass is 32.2. The summed E-state index contributed by atoms with van der Waals surface area (Å²) in [5, 5.41) is 5.78. The molecule has 0 saturated heterocycles. The first kappa shape index (κ1) is 22.7. The monoisotopic (exact) mass is 509 g/mol. The molecular formula is C26H21F2N3O4S. The Morgan fingerprint density at radius 2 is 1.75 bits per heavy atom. The van der Waals surface area contributed by atoms with Gasteiger partial charge in [-0.2, -0.15) is 0 Å². The Labute approximate surface area is 206 Å². The summed E-state index contributed by atoms with van der Waals surface area (Å²) >= 11 is 0. The molecule has 1 spiro atoms. The third kappa shape index (κ3) is 3.39. The second kappa shape index (κ2) is 7.86. The summed E-state index contributed by atoms with van der Waals surface area (Å²) in [5.41, 5.74) is 3.23. The third-order valence-corrected chi connectivity index (χ3v) is 8.73. The van der Waals surface area contributed by atoms with Crippen LogP contribution >= 0.6 is 0 Å². The normalized spacial score (nSPS) is 17.6. The molecule has 3 aromatic rings. The van der Waals surface area contributed by atoms with Crippen molar-refractivity contribution in [3.05, 3.63) is 76.9 Å². The van der Waals surface area contributed by atoms with Gasteiger partial charge in [0, 0.05) is 29.4 Å². The van der Waals surface area contributed by atoms with Crippen molar-refractivity contribution < 1.29 is 26.8 Å². The Hall–Kier alpha value is -3.79. The number of nitrogens with one attached hydrogen (secondary N) is 3. The molecule has 0 aromatic heterocycles. The van der Waals surface area contributed by atoms with Gasteiger partial charge in [0.1, 0.15) is 16.5 Å². The quantitative estimate of drug-likeness (QED) is 0.493. The number of benzene rings is 3. The van der Waals surface area contributed by atoms with Crippen LogP contribution in [-0.4, -0.2) is 26.8 Å². The fraction of sp³-hybridized carbons (Fsp3) is 0.231. The molecule has 184 valence electrons. The first-order chi connectivity index (χ1) is 17.2. The molecule has 7 nitrogen and oxygen atoms in total. The molecular weight excluding hydrogens is 488 g/mol. The van der Waals surface area contributed by atoms with Gasteiger partial charge in [-0.05, 0) is 66.3 Å². The van der Waals surface area contributed by atoms with Gasteiger partial charge in [-0.25, -0.2) is 17.2 Å². The van der Waals surface area contributed by atoms with E-state index in [0.29, 0.717) is 59.8 Å². The molecule has 1 aliphatic carbocycles. The molecule has 3 aliphatic rings. The average molecular weight is 510 g/mol. The maximum Gasteiger partial charge on any atom is 0.264 e. The van der Waals surface area contributed by atoms with Crippen LogP contribution < -0.4 is 15.4 Å². The van der Waals surface area contributed by atoms with Gasteiger partial charge in [0.25, 0.3) is 15.9 Å². The van der Waals surface area contributed by atoms with Crippen molar-refractivity contribution >= 4 is 33.2 Å². The van der Waals surface area contributed by atoms with Crippen molar-refractivity contribution in [3.63, 3.8) is 0 Å². The number of carbonyl (C=O) groups is 2. The highest BCUT2D eigenvalue weighted by molar-refractivity contribution is 7.92. The standard InChI is InChI=1S/C26H21F2N3O4S/c27-16-4-5-22(21(28)11-16)36(34,35)31-17-12-18(15-3-2-14-6-9-29-24(32)19(14)10-15)23-20(13-17)26(7-1-8-26)25(33)30-23/h2-5,10-13,31H,1,6-9H2,(H,29,32)(H,30,33). The minimum absolute atomic E-state index is 0.137. The molecule has 6 rings (SSSR count). The lowest BCUT2D eigenvalue weighted by Crippen LogP contribution is -2.40. The topological polar surface area (TPSA) is 104 Å². The van der Waals surface area contributed by atoms with Crippen LogP contribution in [0.2, 0.25) is 0 Å². The van der Waals surface area contributed by atoms with Crippen LogP contribution in [0.3, 0.4) is 0 Å². The van der Waals surface area contributed by atoms with E-state index in [0.717, 1.165) is 24.1 Å². The van der Waals surface area contributed by atoms with Crippen LogP contribution in [-0.2, 0) is 26.7 Å². The molecule has 3 aromatic carbocycles. The number of rotatable bonds is 4. The molecule has 0 radical (unpaired) electrons. The van der Waals surface area contributed by atoms with Gasteiger partial charge in [-0.3, -0.25) is 14.3 Å². The van der Waals surface area contributed by atoms with Crippen molar-refractivity contribution in [2.45, 2.75) is 36.0 Å². The van der Waals surface area contributed by atoms with E-state index >= 15 is 0 Å². The van der Waals surface area contributed by atoms with Crippen molar-refractivity contribution in [2.24, 2.45) is 0 Å². The maximum atomic E-state index is 14.3. The molecule has 10 heteroatoms. The van der Waals surface area contributed by atoms with Gasteiger partial charge in [0.15, 0.2) is 0 Å². The van der Waals surface area contributed by atoms with E-state index in [-0.39, 0.29) is 17.5 Å². The number of fused-ring (bicyclic) bond motifs is 3. The minimum atomic E-state index is -4.40. The number of amides is 2. The van der Waals surface area contributed by atoms with Crippen LogP contribution in [0.25, 0.3) is 11.1 Å². The summed E-state index contributed by atoms with van der Waals surface area (Å²) in [4.78, 5) is 24.8. The molecule has 2 heterocycles. The summed E-state index contributed by atoms with van der Waals surface area (Å²) in [6.07, 6.45) is 2.81. The van der Waals surface area contributed by atoms with Crippen LogP contribution in [0.1, 0.15) is 40.7 Å². The fourth-order valence-electron chi connectivity index (χ4n) is 5.31. The first-order valence-electron chi connectivity index (χ1n) is 11.6. The molecule has 3 N–H and O–H groups in total. The van der Waals surface area contributed by atoms with Crippen molar-refractivity contribution in [2.75, 3.05) is 16.6 Å². The van der Waals surface area contributed by atoms with Gasteiger partial charge in [0.2, 0.25) is 5.91 Å². The van der Waals surface area contributed by atoms with E-state index in [1.165, 1.54) is 0 Å². The summed E-state index contributed by atoms with van der Waals surface area (Å²) in [5.74, 6) is -2.45. The van der Waals surface area contributed by atoms with Gasteiger partial charge in [0.05, 0.1) is 11.1 Å². The third-order valence-electron chi connectivity index (χ3n) is 7.32. The average Bonchev–Trinajstić information content (AvgIpc) is 3.10. The lowest BCUT2D eigenvalue weighted by atomic mass is 9.65. The van der Waals surface area contributed by atoms with Crippen molar-refractivity contribution in [1.82, 2.24) is 5.32 Å². The number of hydrogen-bond acceptors (Lipinski definition) is 4. The van der Waals surface area contributed by atoms with E-state index in [1.807, 2.05) is 12.1 Å². The zero-order chi connectivity index (χ0) is 25.2. The van der Waals surface area contributed by atoms with E-state index < -0.39 is 32.0 Å². The highest BCUT2D eigenvalue weighted by Crippen LogP contribution is 2.54. The van der Waals surface area contributed by atoms with Crippen molar-refractivity contribution in [1.29, 1.82) is 0 Å². The van der Waals surface area contributed by atoms with Gasteiger partial charge in [-0.15, -0.1) is 0 Å². The van der Waals surface area contributed by atoms with Crippen LogP contribution in [0, 0.1) is 11.6 Å². The van der Waals surface area contributed by atoms with E-state index in [2.05, 4.69) is 15.4 Å². The predicted molar refractivity (Wildman–Crippen MR) is 129 cm³/mol. The number of hydrogen-bond donors (Lipinski definition) is 3. The lowest BCUT2D eigenvalue weighted by Gasteiger charge is -2.36. The largest absolute Gasteiger partial charge is 0.352 e. The molecule has 1 saturated carbocycles. The van der Waals surface area contributed by atoms with E-state index in [1.54, 1.807) is 18.2 Å². The van der Waals surface area contributed by atoms with E-state index in [9.17, 15) is 26.8 Å². The lowest BCUT2D eigenvalue weighted by molar-refractivity contribution is -0.123. The summed E-state index contributed by atoms with van der Waals surface area (Å²) in [6.45, 7) is 0.552. The Kier molecular flexibility index (Phi) is 4.95. The van der Waals surface area contributed by atoms with Gasteiger partial charge >= 0.3 is 0 Å². The van der Waals surface area contributed by atoms with Crippen LogP contribution in [0.4, 0.5) is 20.2 Å². The number of carbonyl (C=O) groups excluding carboxylic acids is 2. The second-order valence-electron chi connectivity index (χ2n) is 9.39. The molecule has 0 bridgehead atoms. The predicted octanol–water partition coefficient (Wildman–Crippen LogP) is 4.09. The molecule has 2 amide bonds. The first-order valence-corrected chi connectivity index (χ1v) is 13.1. The maximum absolute atomic E-state index is 14.3. The molecule has 0 atom stereocenters. The highest BCUT2D eigenvalue weighted by Gasteiger charge is 2.52. The minimum Gasteiger partial charge on any atom is -0.352 e. The molecule has 2 aliphatic heterocycles. The molecule has 1 fully saturated rings. The second-order valence-corrected chi connectivity index (χ2v) is 11.0. The molecule has 0 unspecified atom stereocenters. The van der Waals surface area contributed by atoms with E-state index in [4.69, 9.17) is 0 Å². The van der Waals surface area contributed by atoms with Crippen LogP contribution in [0.5, 0.6) is 0 Å². The Balaban J connectivity index is 1.50. The molecule has 36 heavy (non-hydrogen) atoms. The number of sulfonamides is 1. The summed E-state index contributed by atoms with van der Waals surface area (Å²) in [6, 6.07) is 10.8. The Morgan fingerprint density at radius 3 is 2.47 bits per heavy atom. The smallest absolute Gasteiger partial charge is 0.264 e. The number of anilines is 2. The van der Waals surface area contributed by atoms with Crippen molar-refractivity contribution in [3.8, 4) is 11.1 Å². The van der Waals surface area contributed by atoms with Gasteiger partial charge in [-0.1, -0.05) is 18.6 Å². The van der Waals surface area contributed by atoms with Crippen LogP contribution in [0.15, 0.2) is 53.4 Å². The summed E-state index contributed by atoms with van der Waals surface area (Å²) in [7, 11) is -4.40. The summed E-state index contributed by atoms with van der Waals surface area (Å²) < 4.78 is 56.1. The SMILES string of the molecule is O=C1NCCc2ccc(-c3cc(NS(=O)(=O)c4ccc(F)cc4F)cc4c3NC(=O)C43CCC3)cc21. The number of halogens is 2. The Bertz CT molecular complexity index is 1580. The fourth-order valence-corrected chi connectivity index (χ4v) is 6.41. The zero-order valence-corrected chi connectivity index (χ0v) is 19.8. The zero-order valence-electron chi connectivity index (χ0n) is 19.0. The Morgan fingerprint density at radius 1 is 0.944 bits per heavy atom. The van der Waals surface area contributed by atoms with Gasteiger partial charge < -0.3 is 10.6 Å².